The first-order valence-electron chi connectivity index (χ1n) is 7.53. The van der Waals surface area contributed by atoms with E-state index in [0.717, 1.165) is 12.2 Å². The summed E-state index contributed by atoms with van der Waals surface area (Å²) in [7, 11) is 1.98. The Kier molecular flexibility index (Phi) is 6.59. The number of anilines is 1. The number of halogens is 2. The van der Waals surface area contributed by atoms with Crippen LogP contribution in [0.25, 0.3) is 0 Å². The van der Waals surface area contributed by atoms with Crippen LogP contribution < -0.4 is 10.2 Å². The number of para-hydroxylation sites is 1. The lowest BCUT2D eigenvalue weighted by Crippen LogP contribution is -2.33. The zero-order valence-electron chi connectivity index (χ0n) is 13.1. The molecule has 1 amide bonds. The molecule has 0 saturated carbocycles. The smallest absolute Gasteiger partial charge is 0.220 e. The lowest BCUT2D eigenvalue weighted by Gasteiger charge is -2.19. The van der Waals surface area contributed by atoms with Gasteiger partial charge >= 0.3 is 0 Å². The monoisotopic (exact) mass is 378 g/mol. The van der Waals surface area contributed by atoms with Crippen molar-refractivity contribution in [1.82, 2.24) is 5.32 Å². The fourth-order valence-electron chi connectivity index (χ4n) is 2.24. The molecule has 2 rings (SSSR count). The minimum absolute atomic E-state index is 0.0613. The molecular weight excluding hydrogens is 359 g/mol. The molecule has 0 aromatic heterocycles. The molecule has 0 aliphatic heterocycles. The average molecular weight is 379 g/mol. The van der Waals surface area contributed by atoms with Crippen LogP contribution in [-0.4, -0.2) is 26.0 Å². The van der Waals surface area contributed by atoms with Crippen LogP contribution in [0.15, 0.2) is 53.0 Å². The van der Waals surface area contributed by atoms with E-state index >= 15 is 0 Å². The summed E-state index contributed by atoms with van der Waals surface area (Å²) in [5.74, 6) is -0.343. The zero-order chi connectivity index (χ0) is 16.7. The van der Waals surface area contributed by atoms with Crippen molar-refractivity contribution >= 4 is 27.5 Å². The molecule has 0 bridgehead atoms. The fourth-order valence-corrected chi connectivity index (χ4v) is 2.57. The Morgan fingerprint density at radius 3 is 2.65 bits per heavy atom. The van der Waals surface area contributed by atoms with Crippen molar-refractivity contribution in [2.45, 2.75) is 12.8 Å². The van der Waals surface area contributed by atoms with Crippen molar-refractivity contribution in [2.24, 2.45) is 0 Å². The van der Waals surface area contributed by atoms with E-state index in [1.54, 1.807) is 12.1 Å². The Bertz CT molecular complexity index is 649. The number of benzene rings is 2. The summed E-state index contributed by atoms with van der Waals surface area (Å²) in [6.45, 7) is 1.29. The molecular formula is C18H20BrFN2O. The Morgan fingerprint density at radius 2 is 1.96 bits per heavy atom. The minimum atomic E-state index is -0.281. The van der Waals surface area contributed by atoms with E-state index < -0.39 is 0 Å². The van der Waals surface area contributed by atoms with E-state index in [4.69, 9.17) is 0 Å². The predicted octanol–water partition coefficient (Wildman–Crippen LogP) is 3.77. The number of carbonyl (C=O) groups excluding carboxylic acids is 1. The summed E-state index contributed by atoms with van der Waals surface area (Å²) >= 11 is 3.22. The third-order valence-electron chi connectivity index (χ3n) is 3.60. The van der Waals surface area contributed by atoms with Crippen LogP contribution in [0.3, 0.4) is 0 Å². The van der Waals surface area contributed by atoms with Gasteiger partial charge in [0.05, 0.1) is 0 Å². The van der Waals surface area contributed by atoms with Crippen LogP contribution in [0, 0.1) is 5.82 Å². The predicted molar refractivity (Wildman–Crippen MR) is 95.1 cm³/mol. The number of hydrogen-bond acceptors (Lipinski definition) is 2. The van der Waals surface area contributed by atoms with Crippen LogP contribution in [0.1, 0.15) is 12.0 Å². The second-order valence-corrected chi connectivity index (χ2v) is 6.26. The number of hydrogen-bond donors (Lipinski definition) is 1. The quantitative estimate of drug-likeness (QED) is 0.794. The third kappa shape index (κ3) is 5.67. The number of amides is 1. The molecule has 1 N–H and O–H groups in total. The molecule has 0 unspecified atom stereocenters. The summed E-state index contributed by atoms with van der Waals surface area (Å²) in [5.41, 5.74) is 1.67. The Hall–Kier alpha value is -1.88. The van der Waals surface area contributed by atoms with E-state index in [-0.39, 0.29) is 18.1 Å². The average Bonchev–Trinajstić information content (AvgIpc) is 2.54. The maximum atomic E-state index is 13.7. The number of likely N-dealkylation sites (N-methyl/N-ethyl adjacent to an activating group) is 1. The Morgan fingerprint density at radius 1 is 1.22 bits per heavy atom. The fraction of sp³-hybridized carbons (Fsp3) is 0.278. The highest BCUT2D eigenvalue weighted by Crippen LogP contribution is 2.16. The van der Waals surface area contributed by atoms with Crippen molar-refractivity contribution in [1.29, 1.82) is 0 Å². The van der Waals surface area contributed by atoms with Gasteiger partial charge in [-0.25, -0.2) is 4.39 Å². The van der Waals surface area contributed by atoms with Crippen molar-refractivity contribution < 1.29 is 9.18 Å². The molecule has 0 heterocycles. The standard InChI is InChI=1S/C18H20BrFN2O/c1-22(16-5-3-2-4-6-16)12-11-21-18(23)10-8-14-7-9-15(19)13-17(14)20/h2-7,9,13H,8,10-12H2,1H3,(H,21,23). The SMILES string of the molecule is CN(CCNC(=O)CCc1ccc(Br)cc1F)c1ccccc1. The Labute approximate surface area is 144 Å². The molecule has 23 heavy (non-hydrogen) atoms. The number of aryl methyl sites for hydroxylation is 1. The number of nitrogens with one attached hydrogen (secondary N) is 1. The van der Waals surface area contributed by atoms with Crippen LogP contribution in [-0.2, 0) is 11.2 Å². The van der Waals surface area contributed by atoms with Gasteiger partial charge in [-0.05, 0) is 36.2 Å². The van der Waals surface area contributed by atoms with E-state index in [2.05, 4.69) is 26.1 Å². The summed E-state index contributed by atoms with van der Waals surface area (Å²) in [4.78, 5) is 13.9. The minimum Gasteiger partial charge on any atom is -0.373 e. The molecule has 3 nitrogen and oxygen atoms in total. The second kappa shape index (κ2) is 8.67. The maximum Gasteiger partial charge on any atom is 0.220 e. The van der Waals surface area contributed by atoms with Gasteiger partial charge in [0, 0.05) is 36.7 Å². The highest BCUT2D eigenvalue weighted by Gasteiger charge is 2.07. The topological polar surface area (TPSA) is 32.3 Å². The van der Waals surface area contributed by atoms with E-state index in [1.807, 2.05) is 37.4 Å². The molecule has 122 valence electrons. The molecule has 5 heteroatoms. The first kappa shape index (κ1) is 17.5. The Balaban J connectivity index is 1.71. The summed E-state index contributed by atoms with van der Waals surface area (Å²) in [6.07, 6.45) is 0.688. The maximum absolute atomic E-state index is 13.7. The molecule has 0 aliphatic rings. The van der Waals surface area contributed by atoms with E-state index in [1.165, 1.54) is 6.07 Å². The van der Waals surface area contributed by atoms with Crippen molar-refractivity contribution in [3.8, 4) is 0 Å². The van der Waals surface area contributed by atoms with E-state index in [0.29, 0.717) is 23.0 Å². The van der Waals surface area contributed by atoms with Gasteiger partial charge in [0.15, 0.2) is 0 Å². The van der Waals surface area contributed by atoms with Gasteiger partial charge in [-0.3, -0.25) is 4.79 Å². The largest absolute Gasteiger partial charge is 0.373 e. The molecule has 0 radical (unpaired) electrons. The van der Waals surface area contributed by atoms with Crippen LogP contribution >= 0.6 is 15.9 Å². The molecule has 0 spiro atoms. The van der Waals surface area contributed by atoms with Gasteiger partial charge in [-0.2, -0.15) is 0 Å². The first-order valence-corrected chi connectivity index (χ1v) is 8.32. The molecule has 0 atom stereocenters. The van der Waals surface area contributed by atoms with Crippen molar-refractivity contribution in [3.63, 3.8) is 0 Å². The van der Waals surface area contributed by atoms with E-state index in [9.17, 15) is 9.18 Å². The molecule has 0 aliphatic carbocycles. The van der Waals surface area contributed by atoms with Gasteiger partial charge in [0.25, 0.3) is 0 Å². The second-order valence-electron chi connectivity index (χ2n) is 5.34. The van der Waals surface area contributed by atoms with Gasteiger partial charge in [-0.15, -0.1) is 0 Å². The number of carbonyl (C=O) groups is 1. The van der Waals surface area contributed by atoms with Gasteiger partial charge < -0.3 is 10.2 Å². The summed E-state index contributed by atoms with van der Waals surface area (Å²) < 4.78 is 14.4. The first-order chi connectivity index (χ1) is 11.1. The normalized spacial score (nSPS) is 10.4. The zero-order valence-corrected chi connectivity index (χ0v) is 14.6. The lowest BCUT2D eigenvalue weighted by molar-refractivity contribution is -0.120. The van der Waals surface area contributed by atoms with Crippen LogP contribution in [0.2, 0.25) is 0 Å². The lowest BCUT2D eigenvalue weighted by atomic mass is 10.1. The van der Waals surface area contributed by atoms with Gasteiger partial charge in [0.2, 0.25) is 5.91 Å². The summed E-state index contributed by atoms with van der Waals surface area (Å²) in [5, 5.41) is 2.87. The molecule has 2 aromatic rings. The summed E-state index contributed by atoms with van der Waals surface area (Å²) in [6, 6.07) is 14.9. The number of nitrogens with zero attached hydrogens (tertiary/aromatic N) is 1. The third-order valence-corrected chi connectivity index (χ3v) is 4.10. The highest BCUT2D eigenvalue weighted by molar-refractivity contribution is 9.10. The van der Waals surface area contributed by atoms with Gasteiger partial charge in [-0.1, -0.05) is 40.2 Å². The van der Waals surface area contributed by atoms with Crippen molar-refractivity contribution in [2.75, 3.05) is 25.0 Å². The highest BCUT2D eigenvalue weighted by atomic mass is 79.9. The van der Waals surface area contributed by atoms with Crippen LogP contribution in [0.5, 0.6) is 0 Å². The van der Waals surface area contributed by atoms with Crippen LogP contribution in [0.4, 0.5) is 10.1 Å². The van der Waals surface area contributed by atoms with Gasteiger partial charge in [0.1, 0.15) is 5.82 Å². The molecule has 0 fully saturated rings. The molecule has 0 saturated heterocycles. The molecule has 2 aromatic carbocycles. The number of rotatable bonds is 7. The van der Waals surface area contributed by atoms with Crippen molar-refractivity contribution in [3.05, 3.63) is 64.4 Å².